The van der Waals surface area contributed by atoms with Crippen molar-refractivity contribution in [2.45, 2.75) is 38.6 Å². The van der Waals surface area contributed by atoms with E-state index in [1.165, 1.54) is 6.07 Å². The topological polar surface area (TPSA) is 53.0 Å². The van der Waals surface area contributed by atoms with Crippen LogP contribution in [0.4, 0.5) is 18.0 Å². The van der Waals surface area contributed by atoms with E-state index in [0.717, 1.165) is 12.1 Å². The zero-order valence-corrected chi connectivity index (χ0v) is 15.2. The van der Waals surface area contributed by atoms with Gasteiger partial charge in [-0.2, -0.15) is 13.2 Å². The van der Waals surface area contributed by atoms with Crippen molar-refractivity contribution in [3.05, 3.63) is 35.4 Å². The number of aliphatic hydroxyl groups is 1. The van der Waals surface area contributed by atoms with E-state index in [4.69, 9.17) is 4.74 Å². The lowest BCUT2D eigenvalue weighted by molar-refractivity contribution is -0.137. The molecule has 1 aliphatic rings. The normalized spacial score (nSPS) is 17.9. The highest BCUT2D eigenvalue weighted by atomic mass is 19.4. The second-order valence-corrected chi connectivity index (χ2v) is 7.32. The molecular formula is C18H25F3N2O3. The van der Waals surface area contributed by atoms with E-state index < -0.39 is 29.5 Å². The highest BCUT2D eigenvalue weighted by molar-refractivity contribution is 5.68. The van der Waals surface area contributed by atoms with Crippen LogP contribution in [-0.2, 0) is 10.9 Å². The van der Waals surface area contributed by atoms with Crippen molar-refractivity contribution in [3.63, 3.8) is 0 Å². The third-order valence-corrected chi connectivity index (χ3v) is 4.18. The number of piperazine rings is 1. The van der Waals surface area contributed by atoms with E-state index in [1.807, 2.05) is 4.90 Å². The van der Waals surface area contributed by atoms with Gasteiger partial charge in [0.2, 0.25) is 0 Å². The van der Waals surface area contributed by atoms with Crippen molar-refractivity contribution in [3.8, 4) is 0 Å². The molecule has 0 aliphatic carbocycles. The molecule has 2 rings (SSSR count). The Morgan fingerprint density at radius 2 is 1.81 bits per heavy atom. The summed E-state index contributed by atoms with van der Waals surface area (Å²) < 4.78 is 44.1. The second kappa shape index (κ2) is 7.84. The molecule has 1 unspecified atom stereocenters. The van der Waals surface area contributed by atoms with Crippen LogP contribution in [0.15, 0.2) is 24.3 Å². The van der Waals surface area contributed by atoms with Crippen LogP contribution < -0.4 is 0 Å². The number of halogens is 3. The van der Waals surface area contributed by atoms with Gasteiger partial charge in [0.1, 0.15) is 5.60 Å². The van der Waals surface area contributed by atoms with Crippen LogP contribution in [0.2, 0.25) is 0 Å². The SMILES string of the molecule is CC(C)(C)OC(=O)N1CCN(C(CO)c2cccc(C(F)(F)F)c2)CC1. The Morgan fingerprint density at radius 3 is 2.31 bits per heavy atom. The summed E-state index contributed by atoms with van der Waals surface area (Å²) in [5.41, 5.74) is -0.909. The van der Waals surface area contributed by atoms with Crippen LogP contribution in [-0.4, -0.2) is 59.4 Å². The fraction of sp³-hybridized carbons (Fsp3) is 0.611. The first-order valence-corrected chi connectivity index (χ1v) is 8.51. The number of alkyl halides is 3. The van der Waals surface area contributed by atoms with Crippen LogP contribution >= 0.6 is 0 Å². The molecule has 26 heavy (non-hydrogen) atoms. The molecule has 0 aromatic heterocycles. The third-order valence-electron chi connectivity index (χ3n) is 4.18. The minimum Gasteiger partial charge on any atom is -0.444 e. The van der Waals surface area contributed by atoms with E-state index >= 15 is 0 Å². The summed E-state index contributed by atoms with van der Waals surface area (Å²) >= 11 is 0. The zero-order chi connectivity index (χ0) is 19.5. The monoisotopic (exact) mass is 374 g/mol. The molecule has 1 heterocycles. The molecule has 8 heteroatoms. The number of hydrogen-bond donors (Lipinski definition) is 1. The number of hydrogen-bond acceptors (Lipinski definition) is 4. The van der Waals surface area contributed by atoms with Crippen LogP contribution in [0.3, 0.4) is 0 Å². The Morgan fingerprint density at radius 1 is 1.19 bits per heavy atom. The Bertz CT molecular complexity index is 621. The summed E-state index contributed by atoms with van der Waals surface area (Å²) in [5, 5.41) is 9.73. The Kier molecular flexibility index (Phi) is 6.18. The van der Waals surface area contributed by atoms with Crippen molar-refractivity contribution in [2.75, 3.05) is 32.8 Å². The van der Waals surface area contributed by atoms with Crippen LogP contribution in [0.1, 0.15) is 37.9 Å². The number of rotatable bonds is 3. The smallest absolute Gasteiger partial charge is 0.416 e. The number of amides is 1. The molecule has 5 nitrogen and oxygen atoms in total. The molecule has 1 N–H and O–H groups in total. The highest BCUT2D eigenvalue weighted by Gasteiger charge is 2.33. The average Bonchev–Trinajstić information content (AvgIpc) is 2.54. The Labute approximate surface area is 151 Å². The lowest BCUT2D eigenvalue weighted by Crippen LogP contribution is -2.51. The van der Waals surface area contributed by atoms with E-state index in [2.05, 4.69) is 0 Å². The van der Waals surface area contributed by atoms with Gasteiger partial charge in [0.15, 0.2) is 0 Å². The Balaban J connectivity index is 2.04. The standard InChI is InChI=1S/C18H25F3N2O3/c1-17(2,3)26-16(25)23-9-7-22(8-10-23)15(12-24)13-5-4-6-14(11-13)18(19,20)21/h4-6,11,15,24H,7-10,12H2,1-3H3. The second-order valence-electron chi connectivity index (χ2n) is 7.32. The zero-order valence-electron chi connectivity index (χ0n) is 15.2. The summed E-state index contributed by atoms with van der Waals surface area (Å²) in [4.78, 5) is 15.6. The lowest BCUT2D eigenvalue weighted by atomic mass is 10.0. The van der Waals surface area contributed by atoms with Crippen molar-refractivity contribution >= 4 is 6.09 Å². The summed E-state index contributed by atoms with van der Waals surface area (Å²) in [7, 11) is 0. The fourth-order valence-corrected chi connectivity index (χ4v) is 2.90. The maximum Gasteiger partial charge on any atom is 0.416 e. The van der Waals surface area contributed by atoms with E-state index in [1.54, 1.807) is 31.7 Å². The third kappa shape index (κ3) is 5.35. The molecule has 0 spiro atoms. The van der Waals surface area contributed by atoms with Crippen molar-refractivity contribution in [1.29, 1.82) is 0 Å². The van der Waals surface area contributed by atoms with Gasteiger partial charge in [0.05, 0.1) is 18.2 Å². The van der Waals surface area contributed by atoms with Gasteiger partial charge in [-0.15, -0.1) is 0 Å². The minimum atomic E-state index is -4.43. The number of nitrogens with zero attached hydrogens (tertiary/aromatic N) is 2. The number of aliphatic hydroxyl groups excluding tert-OH is 1. The molecule has 146 valence electrons. The van der Waals surface area contributed by atoms with Crippen LogP contribution in [0.25, 0.3) is 0 Å². The van der Waals surface area contributed by atoms with Gasteiger partial charge in [-0.1, -0.05) is 12.1 Å². The first-order chi connectivity index (χ1) is 12.0. The molecule has 1 atom stereocenters. The van der Waals surface area contributed by atoms with Crippen molar-refractivity contribution in [1.82, 2.24) is 9.80 Å². The van der Waals surface area contributed by atoms with Gasteiger partial charge in [-0.3, -0.25) is 4.90 Å². The number of carbonyl (C=O) groups is 1. The van der Waals surface area contributed by atoms with Crippen molar-refractivity contribution in [2.24, 2.45) is 0 Å². The number of carbonyl (C=O) groups excluding carboxylic acids is 1. The molecule has 1 fully saturated rings. The number of ether oxygens (including phenoxy) is 1. The minimum absolute atomic E-state index is 0.298. The van der Waals surface area contributed by atoms with Gasteiger partial charge >= 0.3 is 12.3 Å². The van der Waals surface area contributed by atoms with Gasteiger partial charge in [-0.05, 0) is 38.5 Å². The van der Waals surface area contributed by atoms with Gasteiger partial charge in [0, 0.05) is 26.2 Å². The molecule has 1 aliphatic heterocycles. The van der Waals surface area contributed by atoms with E-state index in [-0.39, 0.29) is 6.61 Å². The van der Waals surface area contributed by atoms with Crippen LogP contribution in [0.5, 0.6) is 0 Å². The van der Waals surface area contributed by atoms with Crippen LogP contribution in [0, 0.1) is 0 Å². The molecule has 1 aromatic rings. The summed E-state index contributed by atoms with van der Waals surface area (Å²) in [6.07, 6.45) is -4.83. The first kappa shape index (κ1) is 20.5. The van der Waals surface area contributed by atoms with E-state index in [9.17, 15) is 23.1 Å². The summed E-state index contributed by atoms with van der Waals surface area (Å²) in [6.45, 7) is 6.74. The first-order valence-electron chi connectivity index (χ1n) is 8.51. The highest BCUT2D eigenvalue weighted by Crippen LogP contribution is 2.32. The predicted octanol–water partition coefficient (Wildman–Crippen LogP) is 3.29. The van der Waals surface area contributed by atoms with Crippen molar-refractivity contribution < 1.29 is 27.8 Å². The average molecular weight is 374 g/mol. The molecular weight excluding hydrogens is 349 g/mol. The fourth-order valence-electron chi connectivity index (χ4n) is 2.90. The van der Waals surface area contributed by atoms with Gasteiger partial charge in [0.25, 0.3) is 0 Å². The van der Waals surface area contributed by atoms with E-state index in [0.29, 0.717) is 31.7 Å². The summed E-state index contributed by atoms with van der Waals surface area (Å²) in [5.74, 6) is 0. The molecule has 1 aromatic carbocycles. The van der Waals surface area contributed by atoms with Gasteiger partial charge in [-0.25, -0.2) is 4.79 Å². The maximum atomic E-state index is 12.9. The molecule has 1 saturated heterocycles. The number of benzene rings is 1. The lowest BCUT2D eigenvalue weighted by Gasteiger charge is -2.39. The molecule has 0 bridgehead atoms. The molecule has 0 radical (unpaired) electrons. The Hall–Kier alpha value is -1.80. The predicted molar refractivity (Wildman–Crippen MR) is 90.7 cm³/mol. The quantitative estimate of drug-likeness (QED) is 0.882. The molecule has 0 saturated carbocycles. The molecule has 1 amide bonds. The largest absolute Gasteiger partial charge is 0.444 e. The van der Waals surface area contributed by atoms with Gasteiger partial charge < -0.3 is 14.7 Å². The maximum absolute atomic E-state index is 12.9. The summed E-state index contributed by atoms with van der Waals surface area (Å²) in [6, 6.07) is 4.46.